The second kappa shape index (κ2) is 12.2. The lowest BCUT2D eigenvalue weighted by Gasteiger charge is -2.26. The minimum atomic E-state index is -0.778. The van der Waals surface area contributed by atoms with Gasteiger partial charge in [-0.05, 0) is 41.8 Å². The first-order chi connectivity index (χ1) is 15.5. The van der Waals surface area contributed by atoms with Crippen molar-refractivity contribution in [2.45, 2.75) is 45.5 Å². The minimum absolute atomic E-state index is 0.0132. The van der Waals surface area contributed by atoms with E-state index in [0.717, 1.165) is 23.2 Å². The van der Waals surface area contributed by atoms with Gasteiger partial charge in [-0.3, -0.25) is 9.69 Å². The number of aliphatic hydroxyl groups is 1. The monoisotopic (exact) mass is 438 g/mol. The van der Waals surface area contributed by atoms with Gasteiger partial charge in [0.15, 0.2) is 0 Å². The molecule has 0 aliphatic carbocycles. The van der Waals surface area contributed by atoms with Crippen LogP contribution in [0.2, 0.25) is 0 Å². The van der Waals surface area contributed by atoms with Crippen LogP contribution in [0.1, 0.15) is 36.6 Å². The van der Waals surface area contributed by atoms with Crippen molar-refractivity contribution in [3.63, 3.8) is 0 Å². The molecular weight excluding hydrogens is 407 g/mol. The molecule has 0 amide bonds. The molecular formula is C26H31FN2O3. The highest BCUT2D eigenvalue weighted by atomic mass is 19.1. The van der Waals surface area contributed by atoms with Gasteiger partial charge in [-0.1, -0.05) is 49.4 Å². The number of carbonyl (C=O) groups is 1. The first-order valence-corrected chi connectivity index (χ1v) is 11.0. The number of rotatable bonds is 12. The van der Waals surface area contributed by atoms with Gasteiger partial charge in [0.2, 0.25) is 0 Å². The Morgan fingerprint density at radius 1 is 1.03 bits per heavy atom. The third-order valence-electron chi connectivity index (χ3n) is 5.18. The fraction of sp³-hybridized carbons (Fsp3) is 0.346. The van der Waals surface area contributed by atoms with Gasteiger partial charge in [0.25, 0.3) is 0 Å². The molecule has 0 aliphatic heterocycles. The molecule has 0 saturated carbocycles. The average molecular weight is 439 g/mol. The van der Waals surface area contributed by atoms with E-state index in [2.05, 4.69) is 27.7 Å². The second-order valence-corrected chi connectivity index (χ2v) is 8.00. The lowest BCUT2D eigenvalue weighted by molar-refractivity contribution is -0.147. The maximum atomic E-state index is 13.2. The SMILES string of the molecule is CCCC(=O)OCC(O)CN(Cc1ccccc1)Cc1cccn1Cc1ccc(F)cc1. The lowest BCUT2D eigenvalue weighted by Crippen LogP contribution is -2.35. The van der Waals surface area contributed by atoms with Gasteiger partial charge in [0.1, 0.15) is 18.5 Å². The van der Waals surface area contributed by atoms with E-state index in [-0.39, 0.29) is 18.4 Å². The number of carbonyl (C=O) groups excluding carboxylic acids is 1. The number of benzene rings is 2. The van der Waals surface area contributed by atoms with Crippen molar-refractivity contribution in [3.05, 3.63) is 95.6 Å². The maximum absolute atomic E-state index is 13.2. The van der Waals surface area contributed by atoms with Crippen molar-refractivity contribution < 1.29 is 19.0 Å². The Labute approximate surface area is 189 Å². The van der Waals surface area contributed by atoms with Gasteiger partial charge in [0, 0.05) is 44.5 Å². The van der Waals surface area contributed by atoms with Crippen LogP contribution in [-0.4, -0.2) is 39.8 Å². The number of hydrogen-bond acceptors (Lipinski definition) is 4. The van der Waals surface area contributed by atoms with Crippen molar-refractivity contribution in [1.29, 1.82) is 0 Å². The van der Waals surface area contributed by atoms with E-state index in [0.29, 0.717) is 32.6 Å². The zero-order chi connectivity index (χ0) is 22.8. The quantitative estimate of drug-likeness (QED) is 0.427. The Kier molecular flexibility index (Phi) is 9.01. The van der Waals surface area contributed by atoms with Crippen LogP contribution in [-0.2, 0) is 29.2 Å². The van der Waals surface area contributed by atoms with E-state index in [9.17, 15) is 14.3 Å². The van der Waals surface area contributed by atoms with Crippen LogP contribution in [0.25, 0.3) is 0 Å². The molecule has 2 aromatic carbocycles. The summed E-state index contributed by atoms with van der Waals surface area (Å²) in [5, 5.41) is 10.5. The van der Waals surface area contributed by atoms with E-state index >= 15 is 0 Å². The molecule has 0 radical (unpaired) electrons. The summed E-state index contributed by atoms with van der Waals surface area (Å²) in [7, 11) is 0. The molecule has 0 spiro atoms. The Morgan fingerprint density at radius 3 is 2.50 bits per heavy atom. The normalized spacial score (nSPS) is 12.1. The third-order valence-corrected chi connectivity index (χ3v) is 5.18. The van der Waals surface area contributed by atoms with E-state index in [1.165, 1.54) is 12.1 Å². The van der Waals surface area contributed by atoms with Crippen molar-refractivity contribution in [2.24, 2.45) is 0 Å². The first-order valence-electron chi connectivity index (χ1n) is 11.0. The fourth-order valence-corrected chi connectivity index (χ4v) is 3.61. The zero-order valence-corrected chi connectivity index (χ0v) is 18.5. The van der Waals surface area contributed by atoms with E-state index in [4.69, 9.17) is 4.74 Å². The Bertz CT molecular complexity index is 957. The van der Waals surface area contributed by atoms with Crippen molar-refractivity contribution in [3.8, 4) is 0 Å². The molecule has 0 saturated heterocycles. The van der Waals surface area contributed by atoms with Crippen LogP contribution in [0.5, 0.6) is 0 Å². The standard InChI is InChI=1S/C26H31FN2O3/c1-2-7-26(31)32-20-25(30)19-28(16-21-8-4-3-5-9-21)18-24-10-6-15-29(24)17-22-11-13-23(27)14-12-22/h3-6,8-15,25,30H,2,7,16-20H2,1H3. The minimum Gasteiger partial charge on any atom is -0.463 e. The third kappa shape index (κ3) is 7.62. The molecule has 1 heterocycles. The van der Waals surface area contributed by atoms with E-state index < -0.39 is 6.10 Å². The first kappa shape index (κ1) is 23.7. The Balaban J connectivity index is 1.68. The van der Waals surface area contributed by atoms with Gasteiger partial charge in [0.05, 0.1) is 0 Å². The van der Waals surface area contributed by atoms with Crippen LogP contribution in [0.3, 0.4) is 0 Å². The molecule has 1 unspecified atom stereocenters. The van der Waals surface area contributed by atoms with Crippen molar-refractivity contribution in [1.82, 2.24) is 9.47 Å². The highest BCUT2D eigenvalue weighted by molar-refractivity contribution is 5.69. The molecule has 3 rings (SSSR count). The smallest absolute Gasteiger partial charge is 0.305 e. The highest BCUT2D eigenvalue weighted by Gasteiger charge is 2.16. The number of nitrogens with zero attached hydrogens (tertiary/aromatic N) is 2. The highest BCUT2D eigenvalue weighted by Crippen LogP contribution is 2.14. The predicted octanol–water partition coefficient (Wildman–Crippen LogP) is 4.38. The molecule has 32 heavy (non-hydrogen) atoms. The summed E-state index contributed by atoms with van der Waals surface area (Å²) in [6, 6.07) is 20.6. The Morgan fingerprint density at radius 2 is 1.78 bits per heavy atom. The van der Waals surface area contributed by atoms with Crippen LogP contribution >= 0.6 is 0 Å². The molecule has 6 heteroatoms. The van der Waals surface area contributed by atoms with E-state index in [1.807, 2.05) is 37.4 Å². The van der Waals surface area contributed by atoms with Crippen LogP contribution in [0.15, 0.2) is 72.9 Å². The molecule has 0 fully saturated rings. The summed E-state index contributed by atoms with van der Waals surface area (Å²) in [4.78, 5) is 13.8. The van der Waals surface area contributed by atoms with E-state index in [1.54, 1.807) is 12.1 Å². The predicted molar refractivity (Wildman–Crippen MR) is 122 cm³/mol. The van der Waals surface area contributed by atoms with Gasteiger partial charge in [-0.25, -0.2) is 4.39 Å². The molecule has 1 atom stereocenters. The van der Waals surface area contributed by atoms with Crippen molar-refractivity contribution in [2.75, 3.05) is 13.2 Å². The average Bonchev–Trinajstić information content (AvgIpc) is 3.21. The maximum Gasteiger partial charge on any atom is 0.305 e. The molecule has 0 bridgehead atoms. The van der Waals surface area contributed by atoms with Crippen molar-refractivity contribution >= 4 is 5.97 Å². The number of halogens is 1. The molecule has 3 aromatic rings. The van der Waals surface area contributed by atoms with Gasteiger partial charge < -0.3 is 14.4 Å². The van der Waals surface area contributed by atoms with Crippen LogP contribution < -0.4 is 0 Å². The molecule has 1 aromatic heterocycles. The summed E-state index contributed by atoms with van der Waals surface area (Å²) in [6.07, 6.45) is 2.31. The van der Waals surface area contributed by atoms with Gasteiger partial charge >= 0.3 is 5.97 Å². The van der Waals surface area contributed by atoms with Gasteiger partial charge in [-0.2, -0.15) is 0 Å². The number of aliphatic hydroxyl groups excluding tert-OH is 1. The summed E-state index contributed by atoms with van der Waals surface area (Å²) >= 11 is 0. The number of hydrogen-bond donors (Lipinski definition) is 1. The number of esters is 1. The molecule has 0 aliphatic rings. The second-order valence-electron chi connectivity index (χ2n) is 8.00. The lowest BCUT2D eigenvalue weighted by atomic mass is 10.2. The number of aromatic nitrogens is 1. The van der Waals surface area contributed by atoms with Crippen LogP contribution in [0.4, 0.5) is 4.39 Å². The van der Waals surface area contributed by atoms with Crippen LogP contribution in [0, 0.1) is 5.82 Å². The zero-order valence-electron chi connectivity index (χ0n) is 18.5. The Hall–Kier alpha value is -2.96. The largest absolute Gasteiger partial charge is 0.463 e. The molecule has 1 N–H and O–H groups in total. The summed E-state index contributed by atoms with van der Waals surface area (Å²) in [5.41, 5.74) is 3.24. The number of ether oxygens (including phenoxy) is 1. The summed E-state index contributed by atoms with van der Waals surface area (Å²) in [5.74, 6) is -0.529. The topological polar surface area (TPSA) is 54.7 Å². The van der Waals surface area contributed by atoms with Gasteiger partial charge in [-0.15, -0.1) is 0 Å². The fourth-order valence-electron chi connectivity index (χ4n) is 3.61. The molecule has 170 valence electrons. The summed E-state index contributed by atoms with van der Waals surface area (Å²) in [6.45, 7) is 4.18. The summed E-state index contributed by atoms with van der Waals surface area (Å²) < 4.78 is 20.5. The molecule has 5 nitrogen and oxygen atoms in total.